The van der Waals surface area contributed by atoms with E-state index in [1.54, 1.807) is 0 Å². The van der Waals surface area contributed by atoms with Crippen molar-refractivity contribution in [2.24, 2.45) is 0 Å². The van der Waals surface area contributed by atoms with E-state index in [-0.39, 0.29) is 18.9 Å². The molecule has 6 heteroatoms. The van der Waals surface area contributed by atoms with E-state index in [4.69, 9.17) is 4.74 Å². The number of aryl methyl sites for hydroxylation is 2. The highest BCUT2D eigenvalue weighted by Crippen LogP contribution is 2.16. The van der Waals surface area contributed by atoms with E-state index < -0.39 is 18.0 Å². The van der Waals surface area contributed by atoms with E-state index in [1.165, 1.54) is 6.92 Å². The predicted molar refractivity (Wildman–Crippen MR) is 103 cm³/mol. The Kier molecular flexibility index (Phi) is 7.11. The van der Waals surface area contributed by atoms with Gasteiger partial charge in [-0.1, -0.05) is 42.5 Å². The molecule has 0 aliphatic carbocycles. The van der Waals surface area contributed by atoms with Crippen molar-refractivity contribution in [2.75, 3.05) is 11.9 Å². The van der Waals surface area contributed by atoms with Gasteiger partial charge in [-0.05, 0) is 43.5 Å². The van der Waals surface area contributed by atoms with Gasteiger partial charge in [0.2, 0.25) is 5.91 Å². The molecule has 2 aromatic carbocycles. The second kappa shape index (κ2) is 9.52. The van der Waals surface area contributed by atoms with Crippen molar-refractivity contribution in [3.05, 3.63) is 65.2 Å². The molecule has 2 N–H and O–H groups in total. The minimum atomic E-state index is -0.969. The van der Waals surface area contributed by atoms with E-state index in [2.05, 4.69) is 10.6 Å². The molecular weight excluding hydrogens is 344 g/mol. The number of rotatable bonds is 7. The van der Waals surface area contributed by atoms with Crippen LogP contribution in [0, 0.1) is 13.8 Å². The lowest BCUT2D eigenvalue weighted by atomic mass is 10.1. The van der Waals surface area contributed by atoms with Crippen molar-refractivity contribution >= 4 is 23.5 Å². The van der Waals surface area contributed by atoms with Crippen LogP contribution in [0.25, 0.3) is 0 Å². The number of hydrogen-bond donors (Lipinski definition) is 2. The highest BCUT2D eigenvalue weighted by Gasteiger charge is 2.19. The quantitative estimate of drug-likeness (QED) is 0.736. The van der Waals surface area contributed by atoms with Gasteiger partial charge in [0, 0.05) is 5.69 Å². The Morgan fingerprint density at radius 3 is 2.44 bits per heavy atom. The molecule has 1 unspecified atom stereocenters. The maximum Gasteiger partial charge on any atom is 0.326 e. The molecular formula is C21H24N2O4. The van der Waals surface area contributed by atoms with Gasteiger partial charge < -0.3 is 15.4 Å². The first kappa shape index (κ1) is 20.2. The number of benzene rings is 2. The summed E-state index contributed by atoms with van der Waals surface area (Å²) in [5, 5.41) is 5.25. The van der Waals surface area contributed by atoms with Crippen LogP contribution in [-0.4, -0.2) is 30.4 Å². The van der Waals surface area contributed by atoms with Crippen LogP contribution >= 0.6 is 0 Å². The smallest absolute Gasteiger partial charge is 0.326 e. The average molecular weight is 368 g/mol. The van der Waals surface area contributed by atoms with E-state index in [1.807, 2.05) is 62.4 Å². The number of nitrogens with one attached hydrogen (secondary N) is 2. The summed E-state index contributed by atoms with van der Waals surface area (Å²) in [5.74, 6) is -1.38. The third-order valence-electron chi connectivity index (χ3n) is 3.97. The fourth-order valence-corrected chi connectivity index (χ4v) is 2.41. The summed E-state index contributed by atoms with van der Waals surface area (Å²) >= 11 is 0. The van der Waals surface area contributed by atoms with Crippen LogP contribution in [-0.2, 0) is 25.5 Å². The topological polar surface area (TPSA) is 84.5 Å². The number of hydrogen-bond acceptors (Lipinski definition) is 4. The van der Waals surface area contributed by atoms with Gasteiger partial charge in [-0.3, -0.25) is 14.4 Å². The van der Waals surface area contributed by atoms with Gasteiger partial charge in [-0.15, -0.1) is 0 Å². The summed E-state index contributed by atoms with van der Waals surface area (Å²) in [4.78, 5) is 35.9. The standard InChI is InChI=1S/C21H24N2O4/c1-14-9-10-15(2)18(11-14)23-21(26)16(3)27-20(25)13-22-19(24)12-17-7-5-4-6-8-17/h4-11,16H,12-13H2,1-3H3,(H,22,24)(H,23,26). The zero-order chi connectivity index (χ0) is 19.8. The summed E-state index contributed by atoms with van der Waals surface area (Å²) in [7, 11) is 0. The zero-order valence-electron chi connectivity index (χ0n) is 15.7. The number of esters is 1. The average Bonchev–Trinajstić information content (AvgIpc) is 2.64. The lowest BCUT2D eigenvalue weighted by molar-refractivity contribution is -0.152. The highest BCUT2D eigenvalue weighted by molar-refractivity contribution is 5.96. The van der Waals surface area contributed by atoms with Crippen LogP contribution < -0.4 is 10.6 Å². The second-order valence-corrected chi connectivity index (χ2v) is 6.38. The predicted octanol–water partition coefficient (Wildman–Crippen LogP) is 2.53. The highest BCUT2D eigenvalue weighted by atomic mass is 16.5. The van der Waals surface area contributed by atoms with Crippen molar-refractivity contribution in [1.82, 2.24) is 5.32 Å². The SMILES string of the molecule is Cc1ccc(C)c(NC(=O)C(C)OC(=O)CNC(=O)Cc2ccccc2)c1. The molecule has 142 valence electrons. The zero-order valence-corrected chi connectivity index (χ0v) is 15.7. The van der Waals surface area contributed by atoms with Crippen molar-refractivity contribution in [3.63, 3.8) is 0 Å². The molecule has 1 atom stereocenters. The molecule has 0 aliphatic rings. The normalized spacial score (nSPS) is 11.4. The summed E-state index contributed by atoms with van der Waals surface area (Å²) < 4.78 is 5.09. The van der Waals surface area contributed by atoms with Gasteiger partial charge in [-0.25, -0.2) is 0 Å². The molecule has 0 fully saturated rings. The van der Waals surface area contributed by atoms with Gasteiger partial charge in [0.25, 0.3) is 5.91 Å². The maximum absolute atomic E-state index is 12.2. The first-order chi connectivity index (χ1) is 12.8. The summed E-state index contributed by atoms with van der Waals surface area (Å²) in [6.45, 7) is 5.02. The van der Waals surface area contributed by atoms with E-state index in [0.717, 1.165) is 16.7 Å². The lowest BCUT2D eigenvalue weighted by Crippen LogP contribution is -2.36. The van der Waals surface area contributed by atoms with Gasteiger partial charge in [-0.2, -0.15) is 0 Å². The van der Waals surface area contributed by atoms with Crippen LogP contribution in [0.3, 0.4) is 0 Å². The van der Waals surface area contributed by atoms with Gasteiger partial charge in [0.05, 0.1) is 6.42 Å². The molecule has 0 radical (unpaired) electrons. The van der Waals surface area contributed by atoms with Crippen LogP contribution in [0.15, 0.2) is 48.5 Å². The van der Waals surface area contributed by atoms with Gasteiger partial charge in [0.1, 0.15) is 6.54 Å². The fourth-order valence-electron chi connectivity index (χ4n) is 2.41. The Morgan fingerprint density at radius 2 is 1.74 bits per heavy atom. The molecule has 2 amide bonds. The number of amides is 2. The summed E-state index contributed by atoms with van der Waals surface area (Å²) in [6.07, 6.45) is -0.792. The van der Waals surface area contributed by atoms with Crippen molar-refractivity contribution in [2.45, 2.75) is 33.3 Å². The number of ether oxygens (including phenoxy) is 1. The van der Waals surface area contributed by atoms with E-state index in [9.17, 15) is 14.4 Å². The number of carbonyl (C=O) groups is 3. The van der Waals surface area contributed by atoms with Gasteiger partial charge in [0.15, 0.2) is 6.10 Å². The van der Waals surface area contributed by atoms with E-state index in [0.29, 0.717) is 5.69 Å². The number of carbonyl (C=O) groups excluding carboxylic acids is 3. The Hall–Kier alpha value is -3.15. The second-order valence-electron chi connectivity index (χ2n) is 6.38. The summed E-state index contributed by atoms with van der Waals surface area (Å²) in [5.41, 5.74) is 3.46. The summed E-state index contributed by atoms with van der Waals surface area (Å²) in [6, 6.07) is 14.9. The third kappa shape index (κ3) is 6.58. The molecule has 0 aliphatic heterocycles. The van der Waals surface area contributed by atoms with Crippen molar-refractivity contribution < 1.29 is 19.1 Å². The number of anilines is 1. The molecule has 27 heavy (non-hydrogen) atoms. The molecule has 6 nitrogen and oxygen atoms in total. The molecule has 2 aromatic rings. The minimum absolute atomic E-state index is 0.177. The molecule has 0 heterocycles. The monoisotopic (exact) mass is 368 g/mol. The molecule has 0 saturated heterocycles. The Labute approximate surface area is 158 Å². The Bertz CT molecular complexity index is 818. The molecule has 2 rings (SSSR count). The largest absolute Gasteiger partial charge is 0.451 e. The third-order valence-corrected chi connectivity index (χ3v) is 3.97. The Balaban J connectivity index is 1.78. The molecule has 0 spiro atoms. The van der Waals surface area contributed by atoms with Crippen molar-refractivity contribution in [1.29, 1.82) is 0 Å². The van der Waals surface area contributed by atoms with Crippen LogP contribution in [0.2, 0.25) is 0 Å². The lowest BCUT2D eigenvalue weighted by Gasteiger charge is -2.15. The molecule has 0 bridgehead atoms. The van der Waals surface area contributed by atoms with Crippen LogP contribution in [0.4, 0.5) is 5.69 Å². The minimum Gasteiger partial charge on any atom is -0.451 e. The maximum atomic E-state index is 12.2. The first-order valence-electron chi connectivity index (χ1n) is 8.73. The van der Waals surface area contributed by atoms with Crippen LogP contribution in [0.5, 0.6) is 0 Å². The fraction of sp³-hybridized carbons (Fsp3) is 0.286. The van der Waals surface area contributed by atoms with Gasteiger partial charge >= 0.3 is 5.97 Å². The van der Waals surface area contributed by atoms with Crippen LogP contribution in [0.1, 0.15) is 23.6 Å². The Morgan fingerprint density at radius 1 is 1.04 bits per heavy atom. The van der Waals surface area contributed by atoms with E-state index >= 15 is 0 Å². The van der Waals surface area contributed by atoms with Crippen molar-refractivity contribution in [3.8, 4) is 0 Å². The molecule has 0 aromatic heterocycles. The first-order valence-corrected chi connectivity index (χ1v) is 8.73. The molecule has 0 saturated carbocycles.